The molecule has 20 rings (SSSR count). The minimum absolute atomic E-state index is 0.00931. The van der Waals surface area contributed by atoms with Crippen LogP contribution in [0, 0.1) is 29.4 Å². The molecule has 7 saturated heterocycles. The van der Waals surface area contributed by atoms with E-state index in [1.165, 1.54) is 26.5 Å². The average Bonchev–Trinajstić information content (AvgIpc) is 1.61. The number of piperidine rings is 2. The number of amides is 6. The molecule has 2 unspecified atom stereocenters. The van der Waals surface area contributed by atoms with Crippen LogP contribution in [0.3, 0.4) is 0 Å². The van der Waals surface area contributed by atoms with Crippen LogP contribution in [0.4, 0.5) is 77.0 Å². The van der Waals surface area contributed by atoms with Gasteiger partial charge in [-0.15, -0.1) is 0 Å². The van der Waals surface area contributed by atoms with Gasteiger partial charge >= 0.3 is 0 Å². The molecule has 0 bridgehead atoms. The van der Waals surface area contributed by atoms with E-state index >= 15 is 0 Å². The third-order valence-corrected chi connectivity index (χ3v) is 27.9. The van der Waals surface area contributed by atoms with E-state index in [0.29, 0.717) is 94.1 Å². The van der Waals surface area contributed by atoms with Gasteiger partial charge in [-0.3, -0.25) is 33.8 Å². The molecule has 6 amide bonds. The summed E-state index contributed by atoms with van der Waals surface area (Å²) in [6.07, 6.45) is 31.2. The van der Waals surface area contributed by atoms with E-state index in [2.05, 4.69) is 185 Å². The van der Waals surface area contributed by atoms with Crippen molar-refractivity contribution in [2.75, 3.05) is 153 Å². The largest absolute Gasteiger partial charge is 0.381 e. The second-order valence-corrected chi connectivity index (χ2v) is 41.2. The predicted molar refractivity (Wildman–Crippen MR) is 565 cm³/mol. The van der Waals surface area contributed by atoms with Gasteiger partial charge in [-0.05, 0) is 167 Å². The molecule has 45 heteroatoms. The first-order chi connectivity index (χ1) is 67.5. The molecule has 39 nitrogen and oxygen atoms in total. The molecular formula is C96H123Br4F2N31O8. The zero-order valence-electron chi connectivity index (χ0n) is 80.0. The molecule has 13 aromatic heterocycles. The van der Waals surface area contributed by atoms with Gasteiger partial charge in [-0.25, -0.2) is 38.7 Å². The van der Waals surface area contributed by atoms with Gasteiger partial charge in [0.2, 0.25) is 23.6 Å². The van der Waals surface area contributed by atoms with Crippen molar-refractivity contribution in [1.82, 2.24) is 70.1 Å². The lowest BCUT2D eigenvalue weighted by atomic mass is 10.0. The summed E-state index contributed by atoms with van der Waals surface area (Å²) in [5.41, 5.74) is 42.1. The smallest absolute Gasteiger partial charge is 0.257 e. The molecule has 7 aliphatic heterocycles. The fourth-order valence-corrected chi connectivity index (χ4v) is 20.6. The Kier molecular flexibility index (Phi) is 33.6. The minimum Gasteiger partial charge on any atom is -0.381 e. The molecule has 752 valence electrons. The Balaban J connectivity index is 0.000000128. The number of rotatable bonds is 20. The van der Waals surface area contributed by atoms with Crippen molar-refractivity contribution >= 4 is 234 Å². The number of anilines is 12. The summed E-state index contributed by atoms with van der Waals surface area (Å²) >= 11 is 14.4. The Morgan fingerprint density at radius 1 is 0.447 bits per heavy atom. The second kappa shape index (κ2) is 45.7. The summed E-state index contributed by atoms with van der Waals surface area (Å²) in [5, 5.41) is 35.5. The van der Waals surface area contributed by atoms with Crippen LogP contribution in [0.1, 0.15) is 130 Å². The van der Waals surface area contributed by atoms with Crippen LogP contribution in [0.5, 0.6) is 0 Å². The van der Waals surface area contributed by atoms with Crippen LogP contribution in [0.2, 0.25) is 0 Å². The normalized spacial score (nSPS) is 19.0. The Morgan fingerprint density at radius 3 is 1.13 bits per heavy atom. The maximum absolute atomic E-state index is 14.5. The second-order valence-electron chi connectivity index (χ2n) is 37.8. The Labute approximate surface area is 846 Å². The number of H-pyrrole nitrogens is 6. The van der Waals surface area contributed by atoms with Crippen molar-refractivity contribution in [3.05, 3.63) is 134 Å². The van der Waals surface area contributed by atoms with E-state index in [9.17, 15) is 42.7 Å². The standard InChI is InChI=1S/C19H19BrN6O.C16H22BrN5O2.C16H22FN5O2.2C15H20BrN5O.C15H20FN5O/c20-13-7-23-18-16(17(13)26-9-12-3-5-22-15(12)10-26)14(8-24-18)25-19(27)11-2-1-4-21-6-11;1-9(2)24-8-13(23)21-12-6-20-16-14(12)15(11(17)5-19-16)22-4-3-10(18)7-22;1-16(2,24)15(23)21-11-7-20-14-12(11)13(10(17)6-19-14)22-5-3-4-9(18)8-22;2*1-8(2)15(22)20-11-6-19-14-12(11)13(10(16)5-18-14)21-4-3-9(17)7-21;1-2-12(22)20-11-7-19-15-13(11)14(10(16)6-18-15)21-5-3-4-9(17)8-21/h1-2,4,6-8,12,15,22H,3,5,9-10H2,(H,23,24)(H,25,27);5-6,9-10H,3-4,7-8,18H2,1-2H3,(H,19,20)(H,21,23);6-7,9,24H,3-5,8,18H2,1-2H3,(H,19,20)(H,21,23);2*5-6,8-9H,3-4,7,17H2,1-2H3,(H,18,19)(H,20,22);6-7,9H,2-5,8,17H2,1H3,(H,18,19)(H,20,22)/t;10-;4*9-/m.11101/s1. The van der Waals surface area contributed by atoms with Gasteiger partial charge in [0.15, 0.2) is 11.6 Å². The van der Waals surface area contributed by atoms with Crippen molar-refractivity contribution in [3.8, 4) is 0 Å². The summed E-state index contributed by atoms with van der Waals surface area (Å²) in [4.78, 5) is 134. The monoisotopic (exact) mass is 2190 g/mol. The van der Waals surface area contributed by atoms with E-state index in [-0.39, 0.29) is 84.3 Å². The number of nitrogens with zero attached hydrogens (tertiary/aromatic N) is 13. The first-order valence-electron chi connectivity index (χ1n) is 47.5. The maximum atomic E-state index is 14.5. The number of ether oxygens (including phenoxy) is 1. The molecule has 7 fully saturated rings. The number of aromatic amines is 6. The molecule has 0 saturated carbocycles. The zero-order chi connectivity index (χ0) is 101. The number of nitrogens with two attached hydrogens (primary N) is 5. The summed E-state index contributed by atoms with van der Waals surface area (Å²) in [5.74, 6) is -1.42. The molecule has 20 heterocycles. The molecule has 0 radical (unpaired) electrons. The van der Waals surface area contributed by atoms with Crippen molar-refractivity contribution in [2.45, 2.75) is 168 Å². The van der Waals surface area contributed by atoms with E-state index in [0.717, 1.165) is 218 Å². The van der Waals surface area contributed by atoms with Crippen LogP contribution in [-0.4, -0.2) is 245 Å². The number of aliphatic hydroxyl groups is 1. The molecule has 141 heavy (non-hydrogen) atoms. The van der Waals surface area contributed by atoms with Gasteiger partial charge in [-0.1, -0.05) is 34.6 Å². The topological polar surface area (TPSA) is 551 Å². The number of fused-ring (bicyclic) bond motifs is 7. The third kappa shape index (κ3) is 24.3. The van der Waals surface area contributed by atoms with E-state index in [4.69, 9.17) is 33.4 Å². The molecule has 24 N–H and O–H groups in total. The predicted octanol–water partition coefficient (Wildman–Crippen LogP) is 13.2. The zero-order valence-corrected chi connectivity index (χ0v) is 86.4. The van der Waals surface area contributed by atoms with Crippen LogP contribution in [0.15, 0.2) is 117 Å². The lowest BCUT2D eigenvalue weighted by Gasteiger charge is -2.33. The van der Waals surface area contributed by atoms with Crippen molar-refractivity contribution in [1.29, 1.82) is 0 Å². The fourth-order valence-electron chi connectivity index (χ4n) is 18.4. The molecule has 7 atom stereocenters. The van der Waals surface area contributed by atoms with Crippen LogP contribution in [0.25, 0.3) is 66.2 Å². The van der Waals surface area contributed by atoms with Gasteiger partial charge < -0.3 is 135 Å². The number of nitrogens with one attached hydrogen (secondary N) is 13. The third-order valence-electron chi connectivity index (χ3n) is 25.6. The fraction of sp³-hybridized carbons (Fsp3) is 0.448. The number of pyridine rings is 7. The highest BCUT2D eigenvalue weighted by Crippen LogP contribution is 2.46. The van der Waals surface area contributed by atoms with Crippen LogP contribution in [-0.2, 0) is 28.7 Å². The Hall–Kier alpha value is -11.6. The SMILES string of the molecule is CC(C)(O)C(=O)Nc1c[nH]c2ncc(F)c(N3CCC[C@@H](N)C3)c12.CC(C)C(=O)Nc1c[nH]c2ncc(Br)c(N3CC[C@@H](N)C3)c12.CC(C)C(=O)Nc1c[nH]c2ncc(Br)c(N3CC[C@H](N)C3)c12.CC(C)OCC(=O)Nc1c[nH]c2ncc(Br)c(N3CC[C@@H](N)C3)c12.CCC(=O)Nc1c[nH]c2ncc(F)c(N3CCC[C@@H](N)C3)c12.O=C(Nc1c[nH]c2ncc(Br)c(N3CC4CCNC4C3)c12)c1cccnc1. The van der Waals surface area contributed by atoms with Gasteiger partial charge in [0.05, 0.1) is 143 Å². The van der Waals surface area contributed by atoms with Gasteiger partial charge in [0.1, 0.15) is 46.1 Å². The first kappa shape index (κ1) is 104. The number of hydrogen-bond acceptors (Lipinski definition) is 27. The van der Waals surface area contributed by atoms with Gasteiger partial charge in [-0.2, -0.15) is 0 Å². The molecular weight excluding hydrogens is 2070 g/mol. The minimum atomic E-state index is -1.54. The Morgan fingerprint density at radius 2 is 0.794 bits per heavy atom. The van der Waals surface area contributed by atoms with Crippen molar-refractivity contribution in [2.24, 2.45) is 46.4 Å². The van der Waals surface area contributed by atoms with E-state index in [1.54, 1.807) is 87.2 Å². The van der Waals surface area contributed by atoms with Gasteiger partial charge in [0.25, 0.3) is 11.8 Å². The molecule has 7 aliphatic rings. The highest BCUT2D eigenvalue weighted by Gasteiger charge is 2.39. The number of carbonyl (C=O) groups is 6. The molecule has 0 aromatic carbocycles. The van der Waals surface area contributed by atoms with E-state index in [1.807, 2.05) is 57.5 Å². The lowest BCUT2D eigenvalue weighted by molar-refractivity contribution is -0.130. The molecule has 0 spiro atoms. The summed E-state index contributed by atoms with van der Waals surface area (Å²) in [6, 6.07) is 4.58. The molecule has 0 aliphatic carbocycles. The van der Waals surface area contributed by atoms with Crippen molar-refractivity contribution in [3.63, 3.8) is 0 Å². The number of carbonyl (C=O) groups excluding carboxylic acids is 6. The van der Waals surface area contributed by atoms with E-state index < -0.39 is 23.1 Å². The highest BCUT2D eigenvalue weighted by molar-refractivity contribution is 9.11. The van der Waals surface area contributed by atoms with Crippen LogP contribution >= 0.6 is 63.7 Å². The maximum Gasteiger partial charge on any atom is 0.257 e. The van der Waals surface area contributed by atoms with Gasteiger partial charge in [0, 0.05) is 207 Å². The number of aromatic nitrogens is 13. The average molecular weight is 2200 g/mol. The highest BCUT2D eigenvalue weighted by atomic mass is 79.9. The quantitative estimate of drug-likeness (QED) is 0.0337. The summed E-state index contributed by atoms with van der Waals surface area (Å²) in [7, 11) is 0. The summed E-state index contributed by atoms with van der Waals surface area (Å²) < 4.78 is 38.0. The summed E-state index contributed by atoms with van der Waals surface area (Å²) in [6.45, 7) is 26.6. The van der Waals surface area contributed by atoms with Crippen LogP contribution < -0.4 is 95.3 Å². The number of hydrogen-bond donors (Lipinski definition) is 19. The molecule has 13 aromatic rings. The first-order valence-corrected chi connectivity index (χ1v) is 50.7. The Bertz CT molecular complexity index is 6520. The van der Waals surface area contributed by atoms with Crippen molar-refractivity contribution < 1.29 is 47.4 Å². The lowest BCUT2D eigenvalue weighted by Crippen LogP contribution is -2.43. The number of halogens is 6.